The van der Waals surface area contributed by atoms with Crippen LogP contribution in [0.25, 0.3) is 0 Å². The summed E-state index contributed by atoms with van der Waals surface area (Å²) in [6, 6.07) is 15.8. The number of hydrogen-bond acceptors (Lipinski definition) is 4. The molecule has 0 radical (unpaired) electrons. The summed E-state index contributed by atoms with van der Waals surface area (Å²) in [6.07, 6.45) is 0. The minimum atomic E-state index is -0.0420. The van der Waals surface area contributed by atoms with E-state index in [2.05, 4.69) is 23.3 Å². The molecule has 0 aliphatic rings. The molecule has 0 fully saturated rings. The number of carbonyl (C=O) groups excluding carboxylic acids is 1. The molecule has 3 nitrogen and oxygen atoms in total. The second kappa shape index (κ2) is 8.13. The van der Waals surface area contributed by atoms with E-state index in [1.807, 2.05) is 53.4 Å². The van der Waals surface area contributed by atoms with Gasteiger partial charge in [-0.1, -0.05) is 36.4 Å². The number of thiazole rings is 1. The highest BCUT2D eigenvalue weighted by molar-refractivity contribution is 7.98. The smallest absolute Gasteiger partial charge is 0.252 e. The van der Waals surface area contributed by atoms with Crippen molar-refractivity contribution in [3.8, 4) is 0 Å². The van der Waals surface area contributed by atoms with Crippen molar-refractivity contribution in [2.24, 2.45) is 0 Å². The fourth-order valence-electron chi connectivity index (χ4n) is 2.32. The van der Waals surface area contributed by atoms with Crippen molar-refractivity contribution in [1.82, 2.24) is 10.3 Å². The van der Waals surface area contributed by atoms with Gasteiger partial charge in [0.25, 0.3) is 5.91 Å². The molecule has 1 heterocycles. The van der Waals surface area contributed by atoms with Crippen molar-refractivity contribution >= 4 is 29.0 Å². The molecule has 1 aromatic heterocycles. The zero-order chi connectivity index (χ0) is 16.8. The third-order valence-corrected chi connectivity index (χ3v) is 5.43. The van der Waals surface area contributed by atoms with Gasteiger partial charge in [-0.05, 0) is 30.2 Å². The number of aryl methyl sites for hydroxylation is 1. The van der Waals surface area contributed by atoms with Crippen molar-refractivity contribution in [1.29, 1.82) is 0 Å². The lowest BCUT2D eigenvalue weighted by Gasteiger charge is -2.11. The van der Waals surface area contributed by atoms with Gasteiger partial charge in [0.15, 0.2) is 0 Å². The van der Waals surface area contributed by atoms with Gasteiger partial charge < -0.3 is 5.32 Å². The van der Waals surface area contributed by atoms with Gasteiger partial charge in [-0.3, -0.25) is 4.79 Å². The molecule has 0 aliphatic carbocycles. The molecule has 0 spiro atoms. The number of thioether (sulfide) groups is 1. The summed E-state index contributed by atoms with van der Waals surface area (Å²) in [5.74, 6) is 0.727. The van der Waals surface area contributed by atoms with Crippen LogP contribution in [0, 0.1) is 6.92 Å². The SMILES string of the molecule is Cc1ccccc1CNC(=O)c1ccccc1SCc1cscn1. The summed E-state index contributed by atoms with van der Waals surface area (Å²) in [6.45, 7) is 2.59. The number of benzene rings is 2. The minimum absolute atomic E-state index is 0.0420. The van der Waals surface area contributed by atoms with E-state index in [9.17, 15) is 4.79 Å². The molecule has 2 aromatic carbocycles. The monoisotopic (exact) mass is 354 g/mol. The second-order valence-electron chi connectivity index (χ2n) is 5.37. The summed E-state index contributed by atoms with van der Waals surface area (Å²) in [7, 11) is 0. The van der Waals surface area contributed by atoms with Crippen LogP contribution in [0.1, 0.15) is 27.2 Å². The van der Waals surface area contributed by atoms with E-state index in [4.69, 9.17) is 0 Å². The van der Waals surface area contributed by atoms with E-state index in [1.54, 1.807) is 23.1 Å². The first kappa shape index (κ1) is 16.7. The van der Waals surface area contributed by atoms with Gasteiger partial charge in [0.1, 0.15) is 0 Å². The van der Waals surface area contributed by atoms with Gasteiger partial charge >= 0.3 is 0 Å². The largest absolute Gasteiger partial charge is 0.348 e. The van der Waals surface area contributed by atoms with Gasteiger partial charge in [0, 0.05) is 22.6 Å². The number of nitrogens with zero attached hydrogens (tertiary/aromatic N) is 1. The summed E-state index contributed by atoms with van der Waals surface area (Å²) in [4.78, 5) is 17.8. The molecule has 3 rings (SSSR count). The Morgan fingerprint density at radius 2 is 1.96 bits per heavy atom. The predicted octanol–water partition coefficient (Wildman–Crippen LogP) is 4.67. The summed E-state index contributed by atoms with van der Waals surface area (Å²) in [5.41, 5.74) is 5.91. The first-order valence-electron chi connectivity index (χ1n) is 7.65. The number of carbonyl (C=O) groups is 1. The van der Waals surface area contributed by atoms with Crippen molar-refractivity contribution in [2.45, 2.75) is 24.1 Å². The molecular weight excluding hydrogens is 336 g/mol. The van der Waals surface area contributed by atoms with Crippen LogP contribution >= 0.6 is 23.1 Å². The Labute approximate surface area is 150 Å². The van der Waals surface area contributed by atoms with Crippen LogP contribution < -0.4 is 5.32 Å². The lowest BCUT2D eigenvalue weighted by atomic mass is 10.1. The van der Waals surface area contributed by atoms with Gasteiger partial charge in [-0.15, -0.1) is 23.1 Å². The Morgan fingerprint density at radius 3 is 2.75 bits per heavy atom. The van der Waals surface area contributed by atoms with E-state index < -0.39 is 0 Å². The van der Waals surface area contributed by atoms with E-state index in [1.165, 1.54) is 5.56 Å². The van der Waals surface area contributed by atoms with Gasteiger partial charge in [-0.2, -0.15) is 0 Å². The molecule has 1 N–H and O–H groups in total. The molecule has 5 heteroatoms. The Kier molecular flexibility index (Phi) is 5.67. The van der Waals surface area contributed by atoms with Crippen molar-refractivity contribution in [2.75, 3.05) is 0 Å². The van der Waals surface area contributed by atoms with Crippen LogP contribution in [0.5, 0.6) is 0 Å². The van der Waals surface area contributed by atoms with E-state index in [0.717, 1.165) is 21.9 Å². The summed E-state index contributed by atoms with van der Waals surface area (Å²) in [5, 5.41) is 5.06. The van der Waals surface area contributed by atoms with Gasteiger partial charge in [0.2, 0.25) is 0 Å². The highest BCUT2D eigenvalue weighted by Gasteiger charge is 2.12. The maximum atomic E-state index is 12.6. The Bertz CT molecular complexity index is 816. The highest BCUT2D eigenvalue weighted by Crippen LogP contribution is 2.26. The lowest BCUT2D eigenvalue weighted by Crippen LogP contribution is -2.23. The quantitative estimate of drug-likeness (QED) is 0.654. The Morgan fingerprint density at radius 1 is 1.17 bits per heavy atom. The lowest BCUT2D eigenvalue weighted by molar-refractivity contribution is 0.0948. The molecule has 0 aliphatic heterocycles. The summed E-state index contributed by atoms with van der Waals surface area (Å²) < 4.78 is 0. The van der Waals surface area contributed by atoms with E-state index >= 15 is 0 Å². The number of hydrogen-bond donors (Lipinski definition) is 1. The number of amides is 1. The van der Waals surface area contributed by atoms with Crippen molar-refractivity contribution in [3.63, 3.8) is 0 Å². The molecule has 0 atom stereocenters. The number of rotatable bonds is 6. The van der Waals surface area contributed by atoms with E-state index in [-0.39, 0.29) is 5.91 Å². The third kappa shape index (κ3) is 4.24. The van der Waals surface area contributed by atoms with E-state index in [0.29, 0.717) is 12.1 Å². The normalized spacial score (nSPS) is 10.5. The minimum Gasteiger partial charge on any atom is -0.348 e. The molecule has 0 unspecified atom stereocenters. The molecule has 3 aromatic rings. The maximum Gasteiger partial charge on any atom is 0.252 e. The average Bonchev–Trinajstić information content (AvgIpc) is 3.13. The molecule has 1 amide bonds. The molecule has 122 valence electrons. The van der Waals surface area contributed by atoms with Crippen molar-refractivity contribution < 1.29 is 4.79 Å². The molecule has 0 bridgehead atoms. The van der Waals surface area contributed by atoms with Crippen LogP contribution in [0.2, 0.25) is 0 Å². The topological polar surface area (TPSA) is 42.0 Å². The van der Waals surface area contributed by atoms with Crippen LogP contribution in [-0.4, -0.2) is 10.9 Å². The van der Waals surface area contributed by atoms with Crippen LogP contribution in [0.15, 0.2) is 64.3 Å². The highest BCUT2D eigenvalue weighted by atomic mass is 32.2. The Balaban J connectivity index is 1.67. The standard InChI is InChI=1S/C19H18N2OS2/c1-14-6-2-3-7-15(14)10-20-19(22)17-8-4-5-9-18(17)24-12-16-11-23-13-21-16/h2-9,11,13H,10,12H2,1H3,(H,20,22). The molecular formula is C19H18N2OS2. The average molecular weight is 355 g/mol. The van der Waals surface area contributed by atoms with Crippen molar-refractivity contribution in [3.05, 3.63) is 81.8 Å². The number of nitrogens with one attached hydrogen (secondary N) is 1. The van der Waals surface area contributed by atoms with Crippen LogP contribution in [0.4, 0.5) is 0 Å². The predicted molar refractivity (Wildman–Crippen MR) is 100 cm³/mol. The third-order valence-electron chi connectivity index (χ3n) is 3.69. The second-order valence-corrected chi connectivity index (χ2v) is 7.11. The Hall–Kier alpha value is -2.11. The molecule has 0 saturated heterocycles. The molecule has 24 heavy (non-hydrogen) atoms. The zero-order valence-corrected chi connectivity index (χ0v) is 15.0. The van der Waals surface area contributed by atoms with Crippen LogP contribution in [0.3, 0.4) is 0 Å². The number of aromatic nitrogens is 1. The van der Waals surface area contributed by atoms with Gasteiger partial charge in [-0.25, -0.2) is 4.98 Å². The maximum absolute atomic E-state index is 12.6. The first-order valence-corrected chi connectivity index (χ1v) is 9.58. The van der Waals surface area contributed by atoms with Gasteiger partial charge in [0.05, 0.1) is 16.8 Å². The van der Waals surface area contributed by atoms with Crippen LogP contribution in [-0.2, 0) is 12.3 Å². The first-order chi connectivity index (χ1) is 11.7. The molecule has 0 saturated carbocycles. The summed E-state index contributed by atoms with van der Waals surface area (Å²) >= 11 is 3.23. The zero-order valence-electron chi connectivity index (χ0n) is 13.4. The fourth-order valence-corrected chi connectivity index (χ4v) is 3.94. The fraction of sp³-hybridized carbons (Fsp3) is 0.158.